The highest BCUT2D eigenvalue weighted by Crippen LogP contribution is 2.42. The zero-order valence-electron chi connectivity index (χ0n) is 16.9. The number of rotatable bonds is 6. The van der Waals surface area contributed by atoms with Gasteiger partial charge >= 0.3 is 5.97 Å². The molecule has 0 aromatic heterocycles. The zero-order valence-corrected chi connectivity index (χ0v) is 16.9. The number of carbonyl (C=O) groups excluding carboxylic acids is 1. The van der Waals surface area contributed by atoms with Crippen LogP contribution >= 0.6 is 0 Å². The van der Waals surface area contributed by atoms with E-state index in [0.29, 0.717) is 18.3 Å². The van der Waals surface area contributed by atoms with E-state index in [2.05, 4.69) is 31.3 Å². The van der Waals surface area contributed by atoms with Crippen molar-refractivity contribution >= 4 is 11.7 Å². The van der Waals surface area contributed by atoms with Crippen molar-refractivity contribution in [3.63, 3.8) is 0 Å². The van der Waals surface area contributed by atoms with E-state index in [1.165, 1.54) is 12.5 Å². The topological polar surface area (TPSA) is 67.8 Å². The number of carbonyl (C=O) groups is 1. The van der Waals surface area contributed by atoms with E-state index >= 15 is 0 Å². The summed E-state index contributed by atoms with van der Waals surface area (Å²) < 4.78 is 11.3. The molecule has 5 nitrogen and oxygen atoms in total. The van der Waals surface area contributed by atoms with Gasteiger partial charge in [-0.15, -0.1) is 0 Å². The van der Waals surface area contributed by atoms with Crippen LogP contribution in [0.4, 0.5) is 5.69 Å². The van der Waals surface area contributed by atoms with Crippen molar-refractivity contribution in [2.24, 2.45) is 0 Å². The molecule has 1 aliphatic rings. The maximum atomic E-state index is 11.3. The molecule has 150 valence electrons. The van der Waals surface area contributed by atoms with Crippen LogP contribution in [0, 0.1) is 0 Å². The van der Waals surface area contributed by atoms with Gasteiger partial charge in [-0.25, -0.2) is 0 Å². The first-order valence-electron chi connectivity index (χ1n) is 9.89. The Kier molecular flexibility index (Phi) is 6.37. The fourth-order valence-electron chi connectivity index (χ4n) is 3.58. The van der Waals surface area contributed by atoms with E-state index in [9.17, 15) is 9.90 Å². The van der Waals surface area contributed by atoms with E-state index in [-0.39, 0.29) is 12.0 Å². The van der Waals surface area contributed by atoms with Crippen molar-refractivity contribution in [3.8, 4) is 5.75 Å². The molecule has 0 amide bonds. The van der Waals surface area contributed by atoms with Gasteiger partial charge < -0.3 is 19.9 Å². The molecule has 28 heavy (non-hydrogen) atoms. The SMILES string of the molecule is CCCOC1C(O)c2cc(C(C)C)ccc2NC1c1cccc(OC(C)=O)c1. The Hall–Kier alpha value is -2.37. The third kappa shape index (κ3) is 4.37. The van der Waals surface area contributed by atoms with Crippen LogP contribution in [0.5, 0.6) is 5.75 Å². The highest BCUT2D eigenvalue weighted by atomic mass is 16.5. The van der Waals surface area contributed by atoms with Gasteiger partial charge in [-0.05, 0) is 41.7 Å². The molecule has 0 bridgehead atoms. The van der Waals surface area contributed by atoms with Crippen LogP contribution in [0.2, 0.25) is 0 Å². The standard InChI is InChI=1S/C23H29NO4/c1-5-11-27-23-21(17-7-6-8-18(12-17)28-15(4)25)24-20-10-9-16(14(2)3)13-19(20)22(23)26/h6-10,12-14,21-24,26H,5,11H2,1-4H3. The number of benzene rings is 2. The Balaban J connectivity index is 1.98. The number of esters is 1. The van der Waals surface area contributed by atoms with Gasteiger partial charge in [0.05, 0.1) is 6.04 Å². The monoisotopic (exact) mass is 383 g/mol. The molecular formula is C23H29NO4. The zero-order chi connectivity index (χ0) is 20.3. The van der Waals surface area contributed by atoms with E-state index in [4.69, 9.17) is 9.47 Å². The molecule has 1 heterocycles. The Labute approximate surface area is 166 Å². The average Bonchev–Trinajstić information content (AvgIpc) is 2.66. The van der Waals surface area contributed by atoms with Gasteiger partial charge in [0, 0.05) is 24.8 Å². The maximum Gasteiger partial charge on any atom is 0.308 e. The molecule has 0 saturated carbocycles. The number of aliphatic hydroxyl groups excluding tert-OH is 1. The third-order valence-electron chi connectivity index (χ3n) is 5.00. The number of hydrogen-bond donors (Lipinski definition) is 2. The minimum Gasteiger partial charge on any atom is -0.427 e. The summed E-state index contributed by atoms with van der Waals surface area (Å²) in [7, 11) is 0. The Morgan fingerprint density at radius 3 is 2.68 bits per heavy atom. The highest BCUT2D eigenvalue weighted by Gasteiger charge is 2.37. The predicted octanol–water partition coefficient (Wildman–Crippen LogP) is 4.73. The molecule has 0 saturated heterocycles. The summed E-state index contributed by atoms with van der Waals surface area (Å²) in [5, 5.41) is 14.7. The molecule has 0 fully saturated rings. The van der Waals surface area contributed by atoms with Gasteiger partial charge in [-0.3, -0.25) is 4.79 Å². The lowest BCUT2D eigenvalue weighted by Crippen LogP contribution is -2.38. The average molecular weight is 383 g/mol. The summed E-state index contributed by atoms with van der Waals surface area (Å²) in [5.41, 5.74) is 3.84. The van der Waals surface area contributed by atoms with Crippen LogP contribution in [0.15, 0.2) is 42.5 Å². The van der Waals surface area contributed by atoms with Crippen LogP contribution in [0.1, 0.15) is 68.9 Å². The summed E-state index contributed by atoms with van der Waals surface area (Å²) >= 11 is 0. The first kappa shape index (κ1) is 20.4. The second-order valence-electron chi connectivity index (χ2n) is 7.57. The molecule has 0 radical (unpaired) electrons. The van der Waals surface area contributed by atoms with Gasteiger partial charge in [0.2, 0.25) is 0 Å². The normalized spacial score (nSPS) is 21.1. The van der Waals surface area contributed by atoms with Crippen LogP contribution < -0.4 is 10.1 Å². The van der Waals surface area contributed by atoms with Gasteiger partial charge in [0.15, 0.2) is 0 Å². The van der Waals surface area contributed by atoms with Crippen molar-refractivity contribution < 1.29 is 19.4 Å². The molecule has 2 aromatic rings. The number of fused-ring (bicyclic) bond motifs is 1. The predicted molar refractivity (Wildman–Crippen MR) is 110 cm³/mol. The molecule has 0 spiro atoms. The minimum absolute atomic E-state index is 0.255. The van der Waals surface area contributed by atoms with E-state index < -0.39 is 12.2 Å². The van der Waals surface area contributed by atoms with E-state index in [1.54, 1.807) is 6.07 Å². The van der Waals surface area contributed by atoms with Crippen molar-refractivity contribution in [3.05, 3.63) is 59.2 Å². The number of anilines is 1. The molecule has 2 N–H and O–H groups in total. The number of hydrogen-bond acceptors (Lipinski definition) is 5. The number of aliphatic hydroxyl groups is 1. The quantitative estimate of drug-likeness (QED) is 0.557. The Morgan fingerprint density at radius 2 is 2.00 bits per heavy atom. The first-order chi connectivity index (χ1) is 13.4. The Morgan fingerprint density at radius 1 is 1.21 bits per heavy atom. The van der Waals surface area contributed by atoms with Crippen molar-refractivity contribution in [1.29, 1.82) is 0 Å². The molecule has 0 aliphatic carbocycles. The first-order valence-corrected chi connectivity index (χ1v) is 9.89. The number of nitrogens with one attached hydrogen (secondary N) is 1. The highest BCUT2D eigenvalue weighted by molar-refractivity contribution is 5.69. The van der Waals surface area contributed by atoms with Crippen LogP contribution in [-0.2, 0) is 9.53 Å². The largest absolute Gasteiger partial charge is 0.427 e. The molecule has 3 unspecified atom stereocenters. The summed E-state index contributed by atoms with van der Waals surface area (Å²) in [4.78, 5) is 11.3. The van der Waals surface area contributed by atoms with Gasteiger partial charge in [0.25, 0.3) is 0 Å². The van der Waals surface area contributed by atoms with Crippen molar-refractivity contribution in [2.75, 3.05) is 11.9 Å². The van der Waals surface area contributed by atoms with Gasteiger partial charge in [0.1, 0.15) is 18.0 Å². The fourth-order valence-corrected chi connectivity index (χ4v) is 3.58. The molecular weight excluding hydrogens is 354 g/mol. The smallest absolute Gasteiger partial charge is 0.308 e. The molecule has 1 aliphatic heterocycles. The van der Waals surface area contributed by atoms with Crippen molar-refractivity contribution in [2.45, 2.75) is 58.3 Å². The Bertz CT molecular complexity index is 833. The summed E-state index contributed by atoms with van der Waals surface area (Å²) in [6, 6.07) is 13.3. The van der Waals surface area contributed by atoms with Gasteiger partial charge in [-0.2, -0.15) is 0 Å². The third-order valence-corrected chi connectivity index (χ3v) is 5.00. The second-order valence-corrected chi connectivity index (χ2v) is 7.57. The fraction of sp³-hybridized carbons (Fsp3) is 0.435. The lowest BCUT2D eigenvalue weighted by Gasteiger charge is -2.39. The second kappa shape index (κ2) is 8.76. The van der Waals surface area contributed by atoms with Crippen LogP contribution in [-0.4, -0.2) is 23.8 Å². The van der Waals surface area contributed by atoms with Crippen LogP contribution in [0.25, 0.3) is 0 Å². The lowest BCUT2D eigenvalue weighted by molar-refractivity contribution is -0.131. The molecule has 3 rings (SSSR count). The summed E-state index contributed by atoms with van der Waals surface area (Å²) in [6.45, 7) is 8.26. The van der Waals surface area contributed by atoms with Crippen LogP contribution in [0.3, 0.4) is 0 Å². The van der Waals surface area contributed by atoms with E-state index in [0.717, 1.165) is 23.2 Å². The number of ether oxygens (including phenoxy) is 2. The summed E-state index contributed by atoms with van der Waals surface area (Å²) in [5.74, 6) is 0.501. The molecule has 2 aromatic carbocycles. The molecule has 3 atom stereocenters. The van der Waals surface area contributed by atoms with E-state index in [1.807, 2.05) is 31.2 Å². The summed E-state index contributed by atoms with van der Waals surface area (Å²) in [6.07, 6.45) is -0.325. The maximum absolute atomic E-state index is 11.3. The minimum atomic E-state index is -0.746. The van der Waals surface area contributed by atoms with Crippen molar-refractivity contribution in [1.82, 2.24) is 0 Å². The lowest BCUT2D eigenvalue weighted by atomic mass is 9.86. The van der Waals surface area contributed by atoms with Gasteiger partial charge in [-0.1, -0.05) is 45.0 Å². The molecule has 5 heteroatoms.